The second-order valence-corrected chi connectivity index (χ2v) is 6.22. The number of methoxy groups -OCH3 is 1. The number of hydrogen-bond acceptors (Lipinski definition) is 4. The van der Waals surface area contributed by atoms with Crippen molar-refractivity contribution in [2.75, 3.05) is 27.7 Å². The van der Waals surface area contributed by atoms with Crippen LogP contribution in [-0.4, -0.2) is 43.5 Å². The molecule has 1 atom stereocenters. The van der Waals surface area contributed by atoms with E-state index in [1.807, 2.05) is 43.3 Å². The van der Waals surface area contributed by atoms with Gasteiger partial charge in [-0.05, 0) is 37.9 Å². The van der Waals surface area contributed by atoms with Gasteiger partial charge in [0.1, 0.15) is 10.9 Å². The number of hydrogen-bond donors (Lipinski definition) is 1. The molecule has 0 spiro atoms. The fraction of sp³-hybridized carbons (Fsp3) is 0.294. The van der Waals surface area contributed by atoms with Crippen molar-refractivity contribution < 1.29 is 9.53 Å². The van der Waals surface area contributed by atoms with Crippen LogP contribution in [0.2, 0.25) is 10.2 Å². The average Bonchev–Trinajstić information content (AvgIpc) is 2.57. The van der Waals surface area contributed by atoms with Crippen LogP contribution in [0, 0.1) is 0 Å². The molecule has 0 radical (unpaired) electrons. The van der Waals surface area contributed by atoms with Gasteiger partial charge >= 0.3 is 0 Å². The number of nitrogens with zero attached hydrogens (tertiary/aromatic N) is 2. The maximum Gasteiger partial charge on any atom is 0.252 e. The SMILES string of the molecule is COc1ccc(C(CNC(=O)c2cnc(Cl)c(Cl)c2)N(C)C)cc1. The van der Waals surface area contributed by atoms with Crippen LogP contribution >= 0.6 is 23.2 Å². The van der Waals surface area contributed by atoms with Gasteiger partial charge in [-0.2, -0.15) is 0 Å². The van der Waals surface area contributed by atoms with Crippen molar-refractivity contribution in [3.05, 3.63) is 57.8 Å². The third-order valence-electron chi connectivity index (χ3n) is 3.64. The molecule has 0 bridgehead atoms. The van der Waals surface area contributed by atoms with E-state index in [-0.39, 0.29) is 22.1 Å². The van der Waals surface area contributed by atoms with Gasteiger partial charge in [-0.15, -0.1) is 0 Å². The Morgan fingerprint density at radius 1 is 1.29 bits per heavy atom. The minimum atomic E-state index is -0.249. The van der Waals surface area contributed by atoms with Gasteiger partial charge in [0.05, 0.1) is 23.7 Å². The topological polar surface area (TPSA) is 54.5 Å². The summed E-state index contributed by atoms with van der Waals surface area (Å²) in [5, 5.41) is 3.33. The summed E-state index contributed by atoms with van der Waals surface area (Å²) in [5.74, 6) is 0.545. The summed E-state index contributed by atoms with van der Waals surface area (Å²) in [5.41, 5.74) is 1.45. The predicted octanol–water partition coefficient (Wildman–Crippen LogP) is 3.43. The van der Waals surface area contributed by atoms with E-state index in [1.165, 1.54) is 12.3 Å². The minimum absolute atomic E-state index is 0.0237. The van der Waals surface area contributed by atoms with Gasteiger partial charge in [-0.3, -0.25) is 4.79 Å². The van der Waals surface area contributed by atoms with Gasteiger partial charge in [0.15, 0.2) is 0 Å². The van der Waals surface area contributed by atoms with Gasteiger partial charge in [0.2, 0.25) is 0 Å². The molecule has 128 valence electrons. The van der Waals surface area contributed by atoms with E-state index in [4.69, 9.17) is 27.9 Å². The van der Waals surface area contributed by atoms with Gasteiger partial charge < -0.3 is 15.0 Å². The maximum atomic E-state index is 12.3. The fourth-order valence-electron chi connectivity index (χ4n) is 2.26. The van der Waals surface area contributed by atoms with E-state index in [0.717, 1.165) is 11.3 Å². The lowest BCUT2D eigenvalue weighted by Gasteiger charge is -2.25. The molecule has 0 aliphatic rings. The lowest BCUT2D eigenvalue weighted by molar-refractivity contribution is 0.0941. The minimum Gasteiger partial charge on any atom is -0.497 e. The van der Waals surface area contributed by atoms with Crippen LogP contribution in [0.15, 0.2) is 36.5 Å². The highest BCUT2D eigenvalue weighted by Gasteiger charge is 2.16. The number of halogens is 2. The first kappa shape index (κ1) is 18.5. The summed E-state index contributed by atoms with van der Waals surface area (Å²) < 4.78 is 5.17. The standard InChI is InChI=1S/C17H19Cl2N3O2/c1-22(2)15(11-4-6-13(24-3)7-5-11)10-21-17(23)12-8-14(18)16(19)20-9-12/h4-9,15H,10H2,1-3H3,(H,21,23). The molecular formula is C17H19Cl2N3O2. The number of nitrogens with one attached hydrogen (secondary N) is 1. The van der Waals surface area contributed by atoms with Crippen LogP contribution in [0.25, 0.3) is 0 Å². The second-order valence-electron chi connectivity index (χ2n) is 5.46. The Labute approximate surface area is 151 Å². The summed E-state index contributed by atoms with van der Waals surface area (Å²) in [4.78, 5) is 18.2. The molecule has 2 rings (SSSR count). The monoisotopic (exact) mass is 367 g/mol. The third kappa shape index (κ3) is 4.60. The van der Waals surface area contributed by atoms with Crippen molar-refractivity contribution in [2.24, 2.45) is 0 Å². The molecule has 0 aliphatic carbocycles. The van der Waals surface area contributed by atoms with Crippen LogP contribution in [0.4, 0.5) is 0 Å². The molecule has 1 N–H and O–H groups in total. The molecule has 24 heavy (non-hydrogen) atoms. The number of aromatic nitrogens is 1. The van der Waals surface area contributed by atoms with E-state index in [9.17, 15) is 4.79 Å². The molecule has 0 fully saturated rings. The van der Waals surface area contributed by atoms with Crippen molar-refractivity contribution >= 4 is 29.1 Å². The second kappa shape index (κ2) is 8.33. The largest absolute Gasteiger partial charge is 0.497 e. The highest BCUT2D eigenvalue weighted by molar-refractivity contribution is 6.41. The lowest BCUT2D eigenvalue weighted by Crippen LogP contribution is -2.34. The van der Waals surface area contributed by atoms with Crippen LogP contribution < -0.4 is 10.1 Å². The lowest BCUT2D eigenvalue weighted by atomic mass is 10.1. The molecule has 1 aromatic carbocycles. The summed E-state index contributed by atoms with van der Waals surface area (Å²) in [6, 6.07) is 9.29. The van der Waals surface area contributed by atoms with Crippen LogP contribution in [0.1, 0.15) is 22.0 Å². The number of rotatable bonds is 6. The fourth-order valence-corrected chi connectivity index (χ4v) is 2.53. The number of likely N-dealkylation sites (N-methyl/N-ethyl adjacent to an activating group) is 1. The number of benzene rings is 1. The van der Waals surface area contributed by atoms with E-state index >= 15 is 0 Å². The Bertz CT molecular complexity index is 705. The van der Waals surface area contributed by atoms with E-state index < -0.39 is 0 Å². The van der Waals surface area contributed by atoms with E-state index in [0.29, 0.717) is 12.1 Å². The van der Waals surface area contributed by atoms with Crippen molar-refractivity contribution in [3.63, 3.8) is 0 Å². The quantitative estimate of drug-likeness (QED) is 0.794. The Hall–Kier alpha value is -1.82. The van der Waals surface area contributed by atoms with Gasteiger partial charge in [-0.1, -0.05) is 35.3 Å². The molecule has 1 aromatic heterocycles. The first-order valence-electron chi connectivity index (χ1n) is 7.32. The van der Waals surface area contributed by atoms with E-state index in [1.54, 1.807) is 7.11 Å². The molecule has 1 amide bonds. The maximum absolute atomic E-state index is 12.3. The van der Waals surface area contributed by atoms with Crippen molar-refractivity contribution in [2.45, 2.75) is 6.04 Å². The van der Waals surface area contributed by atoms with Crippen LogP contribution in [-0.2, 0) is 0 Å². The van der Waals surface area contributed by atoms with E-state index in [2.05, 4.69) is 10.3 Å². The highest BCUT2D eigenvalue weighted by atomic mass is 35.5. The summed E-state index contributed by atoms with van der Waals surface area (Å²) in [7, 11) is 5.55. The highest BCUT2D eigenvalue weighted by Crippen LogP contribution is 2.22. The Kier molecular flexibility index (Phi) is 6.43. The summed E-state index contributed by atoms with van der Waals surface area (Å²) in [6.07, 6.45) is 1.40. The number of carbonyl (C=O) groups is 1. The van der Waals surface area contributed by atoms with Gasteiger partial charge in [0, 0.05) is 12.7 Å². The predicted molar refractivity (Wildman–Crippen MR) is 96.0 cm³/mol. The van der Waals surface area contributed by atoms with Gasteiger partial charge in [0.25, 0.3) is 5.91 Å². The number of ether oxygens (including phenoxy) is 1. The molecule has 1 heterocycles. The zero-order chi connectivity index (χ0) is 17.7. The van der Waals surface area contributed by atoms with Gasteiger partial charge in [-0.25, -0.2) is 4.98 Å². The summed E-state index contributed by atoms with van der Waals surface area (Å²) in [6.45, 7) is 0.443. The molecule has 0 saturated heterocycles. The molecular weight excluding hydrogens is 349 g/mol. The smallest absolute Gasteiger partial charge is 0.252 e. The van der Waals surface area contributed by atoms with Crippen molar-refractivity contribution in [1.29, 1.82) is 0 Å². The third-order valence-corrected chi connectivity index (χ3v) is 4.32. The van der Waals surface area contributed by atoms with Crippen molar-refractivity contribution in [3.8, 4) is 5.75 Å². The molecule has 1 unspecified atom stereocenters. The number of amides is 1. The Morgan fingerprint density at radius 2 is 1.96 bits per heavy atom. The number of pyridine rings is 1. The molecule has 2 aromatic rings. The van der Waals surface area contributed by atoms with Crippen LogP contribution in [0.3, 0.4) is 0 Å². The average molecular weight is 368 g/mol. The Balaban J connectivity index is 2.07. The zero-order valence-electron chi connectivity index (χ0n) is 13.7. The van der Waals surface area contributed by atoms with Crippen LogP contribution in [0.5, 0.6) is 5.75 Å². The zero-order valence-corrected chi connectivity index (χ0v) is 15.2. The Morgan fingerprint density at radius 3 is 2.50 bits per heavy atom. The first-order valence-corrected chi connectivity index (χ1v) is 8.07. The molecule has 0 saturated carbocycles. The summed E-state index contributed by atoms with van der Waals surface area (Å²) >= 11 is 11.7. The van der Waals surface area contributed by atoms with Crippen molar-refractivity contribution in [1.82, 2.24) is 15.2 Å². The molecule has 0 aliphatic heterocycles. The molecule has 7 heteroatoms. The molecule has 5 nitrogen and oxygen atoms in total. The first-order chi connectivity index (χ1) is 11.4. The normalized spacial score (nSPS) is 12.1. The number of carbonyl (C=O) groups excluding carboxylic acids is 1.